The van der Waals surface area contributed by atoms with Gasteiger partial charge in [-0.2, -0.15) is 0 Å². The number of benzene rings is 1. The largest absolute Gasteiger partial charge is 0.493 e. The van der Waals surface area contributed by atoms with Gasteiger partial charge in [0, 0.05) is 17.2 Å². The highest BCUT2D eigenvalue weighted by molar-refractivity contribution is 5.76. The maximum absolute atomic E-state index is 5.49. The van der Waals surface area contributed by atoms with Crippen molar-refractivity contribution in [2.75, 3.05) is 21.3 Å². The van der Waals surface area contributed by atoms with Crippen LogP contribution >= 0.6 is 0 Å². The topological polar surface area (TPSA) is 53.7 Å². The molecule has 5 nitrogen and oxygen atoms in total. The van der Waals surface area contributed by atoms with Gasteiger partial charge in [0.05, 0.1) is 21.3 Å². The number of hydrogen-bond acceptors (Lipinski definition) is 5. The van der Waals surface area contributed by atoms with Crippen molar-refractivity contribution in [1.82, 2.24) is 5.16 Å². The van der Waals surface area contributed by atoms with Crippen molar-refractivity contribution in [3.05, 3.63) is 54.8 Å². The number of ether oxygens (including phenoxy) is 3. The Morgan fingerprint density at radius 2 is 1.75 bits per heavy atom. The van der Waals surface area contributed by atoms with Gasteiger partial charge in [-0.3, -0.25) is 0 Å². The average Bonchev–Trinajstić information content (AvgIpc) is 3.10. The minimum atomic E-state index is 0.532. The molecule has 2 rings (SSSR count). The van der Waals surface area contributed by atoms with Crippen LogP contribution in [0.4, 0.5) is 0 Å². The van der Waals surface area contributed by atoms with Crippen LogP contribution in [0.1, 0.15) is 12.6 Å². The highest BCUT2D eigenvalue weighted by atomic mass is 16.5. The monoisotopic (exact) mass is 327 g/mol. The fourth-order valence-corrected chi connectivity index (χ4v) is 2.30. The highest BCUT2D eigenvalue weighted by Gasteiger charge is 2.17. The van der Waals surface area contributed by atoms with E-state index in [1.807, 2.05) is 43.4 Å². The second-order valence-electron chi connectivity index (χ2n) is 4.85. The Hall–Kier alpha value is -2.95. The normalized spacial score (nSPS) is 11.6. The van der Waals surface area contributed by atoms with Crippen LogP contribution in [0.2, 0.25) is 0 Å². The molecule has 0 aliphatic carbocycles. The molecule has 1 aromatic carbocycles. The molecular weight excluding hydrogens is 306 g/mol. The zero-order valence-corrected chi connectivity index (χ0v) is 14.3. The maximum atomic E-state index is 5.49. The van der Waals surface area contributed by atoms with Gasteiger partial charge in [0.15, 0.2) is 17.3 Å². The van der Waals surface area contributed by atoms with Gasteiger partial charge in [0.1, 0.15) is 5.69 Å². The standard InChI is InChI=1S/C19H21NO4/c1-6-8-13(9-7-2)15-12-16(24-20-15)14-10-17(21-3)19(23-5)18(11-14)22-4/h6-12H,1H2,2-5H3/b9-7-,13-8+. The molecular formula is C19H21NO4. The summed E-state index contributed by atoms with van der Waals surface area (Å²) in [5.74, 6) is 2.24. The van der Waals surface area contributed by atoms with Crippen LogP contribution in [0, 0.1) is 0 Å². The average molecular weight is 327 g/mol. The first-order valence-corrected chi connectivity index (χ1v) is 7.41. The van der Waals surface area contributed by atoms with Gasteiger partial charge in [0.25, 0.3) is 0 Å². The fraction of sp³-hybridized carbons (Fsp3) is 0.211. The number of allylic oxidation sites excluding steroid dienone is 5. The molecule has 0 atom stereocenters. The van der Waals surface area contributed by atoms with Crippen molar-refractivity contribution in [3.8, 4) is 28.6 Å². The van der Waals surface area contributed by atoms with Crippen LogP contribution in [0.5, 0.6) is 17.2 Å². The van der Waals surface area contributed by atoms with Crippen LogP contribution < -0.4 is 14.2 Å². The number of rotatable bonds is 7. The van der Waals surface area contributed by atoms with E-state index in [0.717, 1.165) is 16.8 Å². The molecule has 0 amide bonds. The summed E-state index contributed by atoms with van der Waals surface area (Å²) >= 11 is 0. The zero-order valence-electron chi connectivity index (χ0n) is 14.3. The predicted molar refractivity (Wildman–Crippen MR) is 94.6 cm³/mol. The van der Waals surface area contributed by atoms with Gasteiger partial charge in [-0.25, -0.2) is 0 Å². The summed E-state index contributed by atoms with van der Waals surface area (Å²) in [6, 6.07) is 5.49. The molecule has 0 saturated carbocycles. The van der Waals surface area contributed by atoms with E-state index < -0.39 is 0 Å². The van der Waals surface area contributed by atoms with Crippen LogP contribution in [0.3, 0.4) is 0 Å². The van der Waals surface area contributed by atoms with Gasteiger partial charge in [0.2, 0.25) is 5.75 Å². The molecule has 0 N–H and O–H groups in total. The van der Waals surface area contributed by atoms with Crippen LogP contribution in [0.15, 0.2) is 53.6 Å². The molecule has 126 valence electrons. The molecule has 0 unspecified atom stereocenters. The lowest BCUT2D eigenvalue weighted by Crippen LogP contribution is -1.95. The molecule has 0 saturated heterocycles. The molecule has 5 heteroatoms. The summed E-state index contributed by atoms with van der Waals surface area (Å²) in [7, 11) is 4.71. The van der Waals surface area contributed by atoms with Crippen molar-refractivity contribution in [3.63, 3.8) is 0 Å². The SMILES string of the molecule is C=C/C=C(\C=C/C)c1cc(-c2cc(OC)c(OC)c(OC)c2)on1. The van der Waals surface area contributed by atoms with E-state index in [-0.39, 0.29) is 0 Å². The quantitative estimate of drug-likeness (QED) is 0.700. The minimum Gasteiger partial charge on any atom is -0.493 e. The number of hydrogen-bond donors (Lipinski definition) is 0. The number of methoxy groups -OCH3 is 3. The second kappa shape index (κ2) is 8.06. The Balaban J connectivity index is 2.50. The number of nitrogens with zero attached hydrogens (tertiary/aromatic N) is 1. The summed E-state index contributed by atoms with van der Waals surface area (Å²) in [6.45, 7) is 5.66. The van der Waals surface area contributed by atoms with Gasteiger partial charge in [-0.1, -0.05) is 36.0 Å². The Labute approximate surface area is 141 Å². The second-order valence-corrected chi connectivity index (χ2v) is 4.85. The summed E-state index contributed by atoms with van der Waals surface area (Å²) < 4.78 is 21.6. The molecule has 0 aliphatic rings. The van der Waals surface area contributed by atoms with Gasteiger partial charge in [-0.15, -0.1) is 0 Å². The minimum absolute atomic E-state index is 0.532. The third kappa shape index (κ3) is 3.51. The van der Waals surface area contributed by atoms with Crippen molar-refractivity contribution in [2.45, 2.75) is 6.92 Å². The predicted octanol–water partition coefficient (Wildman–Crippen LogP) is 4.51. The van der Waals surface area contributed by atoms with Crippen molar-refractivity contribution in [2.24, 2.45) is 0 Å². The fourth-order valence-electron chi connectivity index (χ4n) is 2.30. The van der Waals surface area contributed by atoms with Crippen LogP contribution in [0.25, 0.3) is 16.9 Å². The molecule has 1 heterocycles. The summed E-state index contributed by atoms with van der Waals surface area (Å²) in [5, 5.41) is 4.13. The molecule has 0 spiro atoms. The van der Waals surface area contributed by atoms with E-state index >= 15 is 0 Å². The first-order valence-electron chi connectivity index (χ1n) is 7.41. The lowest BCUT2D eigenvalue weighted by atomic mass is 10.1. The van der Waals surface area contributed by atoms with E-state index in [1.165, 1.54) is 0 Å². The lowest BCUT2D eigenvalue weighted by molar-refractivity contribution is 0.324. The van der Waals surface area contributed by atoms with E-state index in [4.69, 9.17) is 18.7 Å². The van der Waals surface area contributed by atoms with E-state index in [2.05, 4.69) is 11.7 Å². The van der Waals surface area contributed by atoms with Crippen molar-refractivity contribution < 1.29 is 18.7 Å². The van der Waals surface area contributed by atoms with Crippen molar-refractivity contribution in [1.29, 1.82) is 0 Å². The Morgan fingerprint density at radius 1 is 1.08 bits per heavy atom. The maximum Gasteiger partial charge on any atom is 0.203 e. The first-order chi connectivity index (χ1) is 11.7. The smallest absolute Gasteiger partial charge is 0.203 e. The first kappa shape index (κ1) is 17.4. The molecule has 0 radical (unpaired) electrons. The van der Waals surface area contributed by atoms with E-state index in [1.54, 1.807) is 27.4 Å². The third-order valence-electron chi connectivity index (χ3n) is 3.40. The molecule has 24 heavy (non-hydrogen) atoms. The van der Waals surface area contributed by atoms with Gasteiger partial charge >= 0.3 is 0 Å². The number of aromatic nitrogens is 1. The molecule has 2 aromatic rings. The Kier molecular flexibility index (Phi) is 5.84. The molecule has 0 fully saturated rings. The molecule has 1 aromatic heterocycles. The summed E-state index contributed by atoms with van der Waals surface area (Å²) in [4.78, 5) is 0. The third-order valence-corrected chi connectivity index (χ3v) is 3.40. The van der Waals surface area contributed by atoms with Crippen molar-refractivity contribution >= 4 is 5.57 Å². The Morgan fingerprint density at radius 3 is 2.25 bits per heavy atom. The van der Waals surface area contributed by atoms with Gasteiger partial charge < -0.3 is 18.7 Å². The Bertz CT molecular complexity index is 746. The highest BCUT2D eigenvalue weighted by Crippen LogP contribution is 2.41. The summed E-state index contributed by atoms with van der Waals surface area (Å²) in [6.07, 6.45) is 7.46. The van der Waals surface area contributed by atoms with E-state index in [0.29, 0.717) is 23.0 Å². The van der Waals surface area contributed by atoms with Crippen LogP contribution in [-0.2, 0) is 0 Å². The van der Waals surface area contributed by atoms with E-state index in [9.17, 15) is 0 Å². The zero-order chi connectivity index (χ0) is 17.5. The van der Waals surface area contributed by atoms with Crippen LogP contribution in [-0.4, -0.2) is 26.5 Å². The molecule has 0 bridgehead atoms. The molecule has 0 aliphatic heterocycles. The summed E-state index contributed by atoms with van der Waals surface area (Å²) in [5.41, 5.74) is 2.41. The lowest BCUT2D eigenvalue weighted by Gasteiger charge is -2.12. The van der Waals surface area contributed by atoms with Gasteiger partial charge in [-0.05, 0) is 19.1 Å².